The van der Waals surface area contributed by atoms with Crippen molar-refractivity contribution in [1.82, 2.24) is 20.4 Å². The number of piperidine rings is 1. The Morgan fingerprint density at radius 3 is 2.77 bits per heavy atom. The minimum atomic E-state index is -0.0523. The average Bonchev–Trinajstić information content (AvgIpc) is 3.29. The predicted molar refractivity (Wildman–Crippen MR) is 117 cm³/mol. The number of hydrogen-bond acceptors (Lipinski definition) is 7. The van der Waals surface area contributed by atoms with Crippen LogP contribution in [0.2, 0.25) is 0 Å². The van der Waals surface area contributed by atoms with Crippen LogP contribution < -0.4 is 15.0 Å². The van der Waals surface area contributed by atoms with Crippen molar-refractivity contribution in [3.8, 4) is 17.1 Å². The summed E-state index contributed by atoms with van der Waals surface area (Å²) in [5.41, 5.74) is 0.866. The van der Waals surface area contributed by atoms with Crippen LogP contribution in [0.3, 0.4) is 0 Å². The molecule has 0 spiro atoms. The number of carbonyl (C=O) groups is 1. The van der Waals surface area contributed by atoms with Gasteiger partial charge in [0.25, 0.3) is 0 Å². The van der Waals surface area contributed by atoms with Crippen LogP contribution in [0.5, 0.6) is 5.75 Å². The molecule has 0 radical (unpaired) electrons. The highest BCUT2D eigenvalue weighted by atomic mass is 16.5. The van der Waals surface area contributed by atoms with E-state index in [1.807, 2.05) is 29.2 Å². The van der Waals surface area contributed by atoms with Gasteiger partial charge < -0.3 is 24.4 Å². The number of amides is 1. The van der Waals surface area contributed by atoms with Crippen molar-refractivity contribution in [3.63, 3.8) is 0 Å². The molecule has 1 saturated heterocycles. The highest BCUT2D eigenvalue weighted by molar-refractivity contribution is 5.79. The third-order valence-electron chi connectivity index (χ3n) is 5.67. The number of ether oxygens (including phenoxy) is 1. The van der Waals surface area contributed by atoms with Crippen LogP contribution in [0.25, 0.3) is 11.4 Å². The molecule has 1 aliphatic heterocycles. The Kier molecular flexibility index (Phi) is 8.07. The highest BCUT2D eigenvalue weighted by Crippen LogP contribution is 2.25. The van der Waals surface area contributed by atoms with Gasteiger partial charge in [0.05, 0.1) is 13.0 Å². The van der Waals surface area contributed by atoms with E-state index in [1.54, 1.807) is 7.11 Å². The van der Waals surface area contributed by atoms with Crippen LogP contribution in [-0.4, -0.2) is 67.3 Å². The van der Waals surface area contributed by atoms with Crippen LogP contribution >= 0.6 is 0 Å². The van der Waals surface area contributed by atoms with Crippen molar-refractivity contribution in [1.29, 1.82) is 0 Å². The second-order valence-electron chi connectivity index (χ2n) is 7.59. The minimum absolute atomic E-state index is 0.0523. The fourth-order valence-electron chi connectivity index (χ4n) is 3.76. The Balaban J connectivity index is 1.52. The average molecular weight is 416 g/mol. The minimum Gasteiger partial charge on any atom is -0.497 e. The molecule has 0 aliphatic carbocycles. The molecule has 1 unspecified atom stereocenters. The number of methoxy groups -OCH3 is 1. The lowest BCUT2D eigenvalue weighted by atomic mass is 9.97. The van der Waals surface area contributed by atoms with Gasteiger partial charge in [-0.05, 0) is 63.2 Å². The summed E-state index contributed by atoms with van der Waals surface area (Å²) in [6, 6.07) is 8.01. The summed E-state index contributed by atoms with van der Waals surface area (Å²) in [4.78, 5) is 21.5. The van der Waals surface area contributed by atoms with Crippen molar-refractivity contribution < 1.29 is 14.1 Å². The molecule has 8 heteroatoms. The van der Waals surface area contributed by atoms with E-state index in [9.17, 15) is 4.79 Å². The number of nitrogens with one attached hydrogen (secondary N) is 1. The Morgan fingerprint density at radius 2 is 2.07 bits per heavy atom. The van der Waals surface area contributed by atoms with Gasteiger partial charge in [0.15, 0.2) is 0 Å². The normalized spacial score (nSPS) is 16.7. The summed E-state index contributed by atoms with van der Waals surface area (Å²) in [5.74, 6) is 1.39. The zero-order valence-corrected chi connectivity index (χ0v) is 18.3. The molecule has 0 saturated carbocycles. The number of hydrogen-bond donors (Lipinski definition) is 1. The third-order valence-corrected chi connectivity index (χ3v) is 5.67. The maximum Gasteiger partial charge on any atom is 0.324 e. The molecule has 1 aromatic heterocycles. The topological polar surface area (TPSA) is 83.7 Å². The predicted octanol–water partition coefficient (Wildman–Crippen LogP) is 2.81. The second kappa shape index (κ2) is 11.0. The van der Waals surface area contributed by atoms with E-state index < -0.39 is 0 Å². The largest absolute Gasteiger partial charge is 0.497 e. The molecule has 1 aromatic carbocycles. The van der Waals surface area contributed by atoms with Gasteiger partial charge in [-0.2, -0.15) is 4.98 Å². The zero-order chi connectivity index (χ0) is 21.3. The summed E-state index contributed by atoms with van der Waals surface area (Å²) in [5, 5.41) is 7.21. The third kappa shape index (κ3) is 5.72. The monoisotopic (exact) mass is 415 g/mol. The van der Waals surface area contributed by atoms with Crippen LogP contribution in [0, 0.1) is 5.92 Å². The number of aromatic nitrogens is 2. The fourth-order valence-corrected chi connectivity index (χ4v) is 3.76. The van der Waals surface area contributed by atoms with E-state index in [2.05, 4.69) is 34.2 Å². The smallest absolute Gasteiger partial charge is 0.324 e. The first kappa shape index (κ1) is 22.1. The number of carbonyl (C=O) groups excluding carboxylic acids is 1. The lowest BCUT2D eigenvalue weighted by Gasteiger charge is -2.30. The van der Waals surface area contributed by atoms with E-state index in [-0.39, 0.29) is 11.8 Å². The van der Waals surface area contributed by atoms with Gasteiger partial charge in [-0.25, -0.2) is 0 Å². The molecular formula is C22H33N5O3. The molecule has 2 aromatic rings. The maximum atomic E-state index is 12.6. The number of nitrogens with zero attached hydrogens (tertiary/aromatic N) is 4. The maximum absolute atomic E-state index is 12.6. The van der Waals surface area contributed by atoms with Crippen LogP contribution in [0.1, 0.15) is 33.1 Å². The quantitative estimate of drug-likeness (QED) is 0.597. The van der Waals surface area contributed by atoms with E-state index in [0.29, 0.717) is 24.9 Å². The molecule has 2 heterocycles. The molecule has 1 amide bonds. The molecule has 3 rings (SSSR count). The van der Waals surface area contributed by atoms with E-state index >= 15 is 0 Å². The SMILES string of the molecule is CCN(CC)CCCNC(=O)C1CCCN(c2nc(-c3ccc(OC)cc3)no2)C1. The molecule has 1 atom stereocenters. The molecule has 164 valence electrons. The van der Waals surface area contributed by atoms with Crippen LogP contribution in [-0.2, 0) is 4.79 Å². The van der Waals surface area contributed by atoms with Gasteiger partial charge in [0, 0.05) is 25.2 Å². The van der Waals surface area contributed by atoms with Gasteiger partial charge in [0.2, 0.25) is 11.7 Å². The summed E-state index contributed by atoms with van der Waals surface area (Å²) >= 11 is 0. The van der Waals surface area contributed by atoms with Crippen LogP contribution in [0.15, 0.2) is 28.8 Å². The van der Waals surface area contributed by atoms with Gasteiger partial charge >= 0.3 is 6.01 Å². The Hall–Kier alpha value is -2.61. The van der Waals surface area contributed by atoms with E-state index in [4.69, 9.17) is 9.26 Å². The standard InChI is InChI=1S/C22H33N5O3/c1-4-26(5-2)14-7-13-23-21(28)18-8-6-15-27(16-18)22-24-20(25-30-22)17-9-11-19(29-3)12-10-17/h9-12,18H,4-8,13-16H2,1-3H3,(H,23,28). The van der Waals surface area contributed by atoms with Gasteiger partial charge in [-0.3, -0.25) is 4.79 Å². The van der Waals surface area contributed by atoms with Gasteiger partial charge in [-0.1, -0.05) is 19.0 Å². The Labute approximate surface area is 178 Å². The van der Waals surface area contributed by atoms with Crippen molar-refractivity contribution in [2.45, 2.75) is 33.1 Å². The summed E-state index contributed by atoms with van der Waals surface area (Å²) in [6.45, 7) is 9.57. The number of anilines is 1. The molecular weight excluding hydrogens is 382 g/mol. The van der Waals surface area contributed by atoms with Crippen molar-refractivity contribution in [2.24, 2.45) is 5.92 Å². The van der Waals surface area contributed by atoms with Gasteiger partial charge in [0.1, 0.15) is 5.75 Å². The molecule has 8 nitrogen and oxygen atoms in total. The Bertz CT molecular complexity index is 788. The fraction of sp³-hybridized carbons (Fsp3) is 0.591. The number of rotatable bonds is 10. The zero-order valence-electron chi connectivity index (χ0n) is 18.3. The number of benzene rings is 1. The lowest BCUT2D eigenvalue weighted by molar-refractivity contribution is -0.125. The molecule has 1 N–H and O–H groups in total. The van der Waals surface area contributed by atoms with Crippen molar-refractivity contribution in [2.75, 3.05) is 51.3 Å². The van der Waals surface area contributed by atoms with E-state index in [1.165, 1.54) is 0 Å². The molecule has 0 bridgehead atoms. The van der Waals surface area contributed by atoms with E-state index in [0.717, 1.165) is 56.8 Å². The van der Waals surface area contributed by atoms with Gasteiger partial charge in [-0.15, -0.1) is 0 Å². The first-order valence-electron chi connectivity index (χ1n) is 10.9. The lowest BCUT2D eigenvalue weighted by Crippen LogP contribution is -2.43. The van der Waals surface area contributed by atoms with Crippen LogP contribution in [0.4, 0.5) is 6.01 Å². The highest BCUT2D eigenvalue weighted by Gasteiger charge is 2.28. The Morgan fingerprint density at radius 1 is 1.30 bits per heavy atom. The summed E-state index contributed by atoms with van der Waals surface area (Å²) in [7, 11) is 1.63. The molecule has 1 aliphatic rings. The summed E-state index contributed by atoms with van der Waals surface area (Å²) in [6.07, 6.45) is 2.79. The molecule has 1 fully saturated rings. The first-order chi connectivity index (χ1) is 14.6. The van der Waals surface area contributed by atoms with Crippen molar-refractivity contribution >= 4 is 11.9 Å². The summed E-state index contributed by atoms with van der Waals surface area (Å²) < 4.78 is 10.7. The second-order valence-corrected chi connectivity index (χ2v) is 7.59. The first-order valence-corrected chi connectivity index (χ1v) is 10.9. The molecule has 30 heavy (non-hydrogen) atoms. The van der Waals surface area contributed by atoms with Crippen molar-refractivity contribution in [3.05, 3.63) is 24.3 Å².